The molecule has 24 heavy (non-hydrogen) atoms. The molecule has 2 rings (SSSR count). The predicted octanol–water partition coefficient (Wildman–Crippen LogP) is 2.61. The number of methoxy groups -OCH3 is 1. The van der Waals surface area contributed by atoms with Crippen LogP contribution in [0, 0.1) is 0 Å². The third-order valence-corrected chi connectivity index (χ3v) is 3.43. The molecule has 2 aromatic rings. The molecule has 1 amide bonds. The Morgan fingerprint density at radius 3 is 2.62 bits per heavy atom. The van der Waals surface area contributed by atoms with Crippen LogP contribution in [0.25, 0.3) is 0 Å². The van der Waals surface area contributed by atoms with Gasteiger partial charge in [0, 0.05) is 11.2 Å². The summed E-state index contributed by atoms with van der Waals surface area (Å²) >= 11 is 5.80. The van der Waals surface area contributed by atoms with E-state index in [0.717, 1.165) is 0 Å². The van der Waals surface area contributed by atoms with Crippen molar-refractivity contribution in [3.05, 3.63) is 58.9 Å². The number of rotatable bonds is 6. The first-order valence-corrected chi connectivity index (χ1v) is 7.60. The van der Waals surface area contributed by atoms with E-state index < -0.39 is 12.1 Å². The summed E-state index contributed by atoms with van der Waals surface area (Å²) in [7, 11) is 1.31. The summed E-state index contributed by atoms with van der Waals surface area (Å²) in [4.78, 5) is 27.7. The van der Waals surface area contributed by atoms with Crippen molar-refractivity contribution >= 4 is 23.5 Å². The van der Waals surface area contributed by atoms with E-state index >= 15 is 0 Å². The maximum atomic E-state index is 12.1. The van der Waals surface area contributed by atoms with Gasteiger partial charge >= 0.3 is 5.97 Å². The van der Waals surface area contributed by atoms with Gasteiger partial charge < -0.3 is 14.8 Å². The Morgan fingerprint density at radius 2 is 1.96 bits per heavy atom. The van der Waals surface area contributed by atoms with E-state index in [1.165, 1.54) is 13.3 Å². The molecule has 0 saturated heterocycles. The highest BCUT2D eigenvalue weighted by atomic mass is 35.5. The van der Waals surface area contributed by atoms with Gasteiger partial charge in [0.05, 0.1) is 24.9 Å². The summed E-state index contributed by atoms with van der Waals surface area (Å²) in [6, 6.07) is 9.86. The molecule has 0 spiro atoms. The molecule has 0 aliphatic heterocycles. The Bertz CT molecular complexity index is 719. The van der Waals surface area contributed by atoms with Gasteiger partial charge in [-0.05, 0) is 43.3 Å². The maximum absolute atomic E-state index is 12.1. The topological polar surface area (TPSA) is 77.5 Å². The molecule has 1 heterocycles. The van der Waals surface area contributed by atoms with Crippen LogP contribution in [0.5, 0.6) is 5.75 Å². The molecule has 0 bridgehead atoms. The standard InChI is InChI=1S/C17H17ClN2O4/c1-11(24-15-5-3-13(18)4-6-15)16(21)20-10-14-9-12(7-8-19-14)17(22)23-2/h3-9,11H,10H2,1-2H3,(H,20,21). The molecule has 6 nitrogen and oxygen atoms in total. The molecule has 0 fully saturated rings. The monoisotopic (exact) mass is 348 g/mol. The van der Waals surface area contributed by atoms with Gasteiger partial charge in [-0.3, -0.25) is 9.78 Å². The highest BCUT2D eigenvalue weighted by Crippen LogP contribution is 2.16. The molecule has 0 saturated carbocycles. The van der Waals surface area contributed by atoms with Crippen molar-refractivity contribution in [3.63, 3.8) is 0 Å². The zero-order valence-corrected chi connectivity index (χ0v) is 14.0. The minimum atomic E-state index is -0.685. The predicted molar refractivity (Wildman–Crippen MR) is 89.0 cm³/mol. The van der Waals surface area contributed by atoms with Crippen LogP contribution in [0.1, 0.15) is 23.0 Å². The summed E-state index contributed by atoms with van der Waals surface area (Å²) in [5.74, 6) is -0.201. The molecule has 1 atom stereocenters. The lowest BCUT2D eigenvalue weighted by molar-refractivity contribution is -0.127. The summed E-state index contributed by atoms with van der Waals surface area (Å²) in [5.41, 5.74) is 0.923. The molecule has 0 aliphatic carbocycles. The molecule has 1 aromatic carbocycles. The Labute approximate surface area is 144 Å². The molecule has 1 N–H and O–H groups in total. The number of esters is 1. The fourth-order valence-electron chi connectivity index (χ4n) is 1.91. The van der Waals surface area contributed by atoms with Crippen LogP contribution in [0.4, 0.5) is 0 Å². The van der Waals surface area contributed by atoms with E-state index in [1.807, 2.05) is 0 Å². The minimum Gasteiger partial charge on any atom is -0.481 e. The number of nitrogens with one attached hydrogen (secondary N) is 1. The summed E-state index contributed by atoms with van der Waals surface area (Å²) in [6.45, 7) is 1.82. The fraction of sp³-hybridized carbons (Fsp3) is 0.235. The lowest BCUT2D eigenvalue weighted by atomic mass is 10.2. The Kier molecular flexibility index (Phi) is 6.14. The second-order valence-corrected chi connectivity index (χ2v) is 5.40. The Hall–Kier alpha value is -2.60. The molecule has 126 valence electrons. The van der Waals surface area contributed by atoms with Crippen molar-refractivity contribution in [2.75, 3.05) is 7.11 Å². The molecule has 7 heteroatoms. The van der Waals surface area contributed by atoms with E-state index in [1.54, 1.807) is 43.3 Å². The van der Waals surface area contributed by atoms with Crippen LogP contribution >= 0.6 is 11.6 Å². The number of halogens is 1. The van der Waals surface area contributed by atoms with Gasteiger partial charge in [0.2, 0.25) is 0 Å². The first-order chi connectivity index (χ1) is 11.5. The number of nitrogens with zero attached hydrogens (tertiary/aromatic N) is 1. The van der Waals surface area contributed by atoms with E-state index in [4.69, 9.17) is 16.3 Å². The summed E-state index contributed by atoms with van der Waals surface area (Å²) in [5, 5.41) is 3.30. The largest absolute Gasteiger partial charge is 0.481 e. The second-order valence-electron chi connectivity index (χ2n) is 4.96. The maximum Gasteiger partial charge on any atom is 0.337 e. The quantitative estimate of drug-likeness (QED) is 0.812. The van der Waals surface area contributed by atoms with Crippen LogP contribution in [0.2, 0.25) is 5.02 Å². The number of amides is 1. The first-order valence-electron chi connectivity index (χ1n) is 7.23. The zero-order valence-electron chi connectivity index (χ0n) is 13.3. The van der Waals surface area contributed by atoms with Gasteiger partial charge in [-0.1, -0.05) is 11.6 Å². The number of ether oxygens (including phenoxy) is 2. The van der Waals surface area contributed by atoms with E-state index in [0.29, 0.717) is 22.0 Å². The lowest BCUT2D eigenvalue weighted by Crippen LogP contribution is -2.36. The van der Waals surface area contributed by atoms with Crippen LogP contribution in [0.3, 0.4) is 0 Å². The number of aromatic nitrogens is 1. The minimum absolute atomic E-state index is 0.179. The van der Waals surface area contributed by atoms with Gasteiger partial charge in [0.1, 0.15) is 5.75 Å². The molecular formula is C17H17ClN2O4. The van der Waals surface area contributed by atoms with Crippen molar-refractivity contribution in [1.82, 2.24) is 10.3 Å². The number of hydrogen-bond acceptors (Lipinski definition) is 5. The number of hydrogen-bond donors (Lipinski definition) is 1. The van der Waals surface area contributed by atoms with Crippen LogP contribution in [-0.4, -0.2) is 30.1 Å². The van der Waals surface area contributed by atoms with E-state index in [-0.39, 0.29) is 12.5 Å². The van der Waals surface area contributed by atoms with Gasteiger partial charge in [-0.15, -0.1) is 0 Å². The SMILES string of the molecule is COC(=O)c1ccnc(CNC(=O)C(C)Oc2ccc(Cl)cc2)c1. The Morgan fingerprint density at radius 1 is 1.25 bits per heavy atom. The van der Waals surface area contributed by atoms with Crippen molar-refractivity contribution in [3.8, 4) is 5.75 Å². The average molecular weight is 349 g/mol. The van der Waals surface area contributed by atoms with Gasteiger partial charge in [0.15, 0.2) is 6.10 Å². The average Bonchev–Trinajstić information content (AvgIpc) is 2.61. The first kappa shape index (κ1) is 17.7. The van der Waals surface area contributed by atoms with Crippen LogP contribution in [-0.2, 0) is 16.1 Å². The molecule has 1 aromatic heterocycles. The van der Waals surface area contributed by atoms with E-state index in [9.17, 15) is 9.59 Å². The smallest absolute Gasteiger partial charge is 0.337 e. The molecule has 1 unspecified atom stereocenters. The normalized spacial score (nSPS) is 11.5. The van der Waals surface area contributed by atoms with Gasteiger partial charge in [-0.25, -0.2) is 4.79 Å². The summed E-state index contributed by atoms with van der Waals surface area (Å²) in [6.07, 6.45) is 0.802. The number of pyridine rings is 1. The van der Waals surface area contributed by atoms with E-state index in [2.05, 4.69) is 15.0 Å². The second kappa shape index (κ2) is 8.31. The molecule has 0 aliphatic rings. The van der Waals surface area contributed by atoms with Gasteiger partial charge in [-0.2, -0.15) is 0 Å². The van der Waals surface area contributed by atoms with Crippen LogP contribution in [0.15, 0.2) is 42.6 Å². The zero-order chi connectivity index (χ0) is 17.5. The highest BCUT2D eigenvalue weighted by molar-refractivity contribution is 6.30. The highest BCUT2D eigenvalue weighted by Gasteiger charge is 2.15. The fourth-order valence-corrected chi connectivity index (χ4v) is 2.04. The van der Waals surface area contributed by atoms with Gasteiger partial charge in [0.25, 0.3) is 5.91 Å². The third-order valence-electron chi connectivity index (χ3n) is 3.18. The molecular weight excluding hydrogens is 332 g/mol. The number of carbonyl (C=O) groups is 2. The number of carbonyl (C=O) groups excluding carboxylic acids is 2. The van der Waals surface area contributed by atoms with Crippen molar-refractivity contribution in [2.24, 2.45) is 0 Å². The van der Waals surface area contributed by atoms with Crippen molar-refractivity contribution in [1.29, 1.82) is 0 Å². The van der Waals surface area contributed by atoms with Crippen molar-refractivity contribution < 1.29 is 19.1 Å². The Balaban J connectivity index is 1.90. The summed E-state index contributed by atoms with van der Waals surface area (Å²) < 4.78 is 10.2. The third kappa shape index (κ3) is 4.96. The van der Waals surface area contributed by atoms with Crippen molar-refractivity contribution in [2.45, 2.75) is 19.6 Å². The van der Waals surface area contributed by atoms with Crippen LogP contribution < -0.4 is 10.1 Å². The lowest BCUT2D eigenvalue weighted by Gasteiger charge is -2.14. The molecule has 0 radical (unpaired) electrons. The number of benzene rings is 1.